The Morgan fingerprint density at radius 2 is 1.93 bits per heavy atom. The van der Waals surface area contributed by atoms with Gasteiger partial charge in [-0.2, -0.15) is 0 Å². The molecule has 1 aromatic heterocycles. The minimum Gasteiger partial charge on any atom is -0.353 e. The van der Waals surface area contributed by atoms with E-state index in [9.17, 15) is 9.18 Å². The number of imidazole rings is 1. The number of carbonyl (C=O) groups is 1. The van der Waals surface area contributed by atoms with Gasteiger partial charge in [-0.3, -0.25) is 4.79 Å². The molecule has 0 bridgehead atoms. The monoisotopic (exact) mass is 366 g/mol. The number of fused-ring (bicyclic) bond motifs is 1. The number of anilines is 1. The van der Waals surface area contributed by atoms with Gasteiger partial charge >= 0.3 is 0 Å². The van der Waals surface area contributed by atoms with Gasteiger partial charge in [0.05, 0.1) is 11.0 Å². The Balaban J connectivity index is 1.26. The molecule has 0 spiro atoms. The number of benzene rings is 2. The molecule has 0 atom stereocenters. The van der Waals surface area contributed by atoms with Crippen molar-refractivity contribution in [3.05, 3.63) is 59.9 Å². The summed E-state index contributed by atoms with van der Waals surface area (Å²) in [5, 5.41) is 6.39. The molecule has 1 fully saturated rings. The van der Waals surface area contributed by atoms with Gasteiger partial charge in [-0.1, -0.05) is 24.3 Å². The van der Waals surface area contributed by atoms with Gasteiger partial charge in [0.15, 0.2) is 0 Å². The van der Waals surface area contributed by atoms with Crippen molar-refractivity contribution in [1.82, 2.24) is 15.3 Å². The summed E-state index contributed by atoms with van der Waals surface area (Å²) in [4.78, 5) is 20.2. The smallest absolute Gasteiger partial charge is 0.223 e. The van der Waals surface area contributed by atoms with Crippen molar-refractivity contribution in [3.8, 4) is 0 Å². The number of carbonyl (C=O) groups excluding carboxylic acids is 1. The molecule has 3 aromatic rings. The highest BCUT2D eigenvalue weighted by atomic mass is 19.1. The number of hydrogen-bond donors (Lipinski definition) is 3. The van der Waals surface area contributed by atoms with Crippen LogP contribution in [0.5, 0.6) is 0 Å². The summed E-state index contributed by atoms with van der Waals surface area (Å²) in [5.41, 5.74) is 2.75. The van der Waals surface area contributed by atoms with Crippen LogP contribution in [-0.4, -0.2) is 21.9 Å². The number of rotatable bonds is 5. The van der Waals surface area contributed by atoms with Crippen molar-refractivity contribution >= 4 is 22.9 Å². The fourth-order valence-corrected chi connectivity index (χ4v) is 3.69. The summed E-state index contributed by atoms with van der Waals surface area (Å²) in [5.74, 6) is 0.586. The molecule has 0 aliphatic heterocycles. The molecule has 1 aliphatic rings. The van der Waals surface area contributed by atoms with Crippen LogP contribution in [0, 0.1) is 11.7 Å². The minimum atomic E-state index is -0.279. The highest BCUT2D eigenvalue weighted by Gasteiger charge is 2.26. The number of nitrogens with one attached hydrogen (secondary N) is 3. The van der Waals surface area contributed by atoms with Gasteiger partial charge < -0.3 is 15.6 Å². The molecule has 6 heteroatoms. The number of hydrogen-bond acceptors (Lipinski definition) is 3. The zero-order chi connectivity index (χ0) is 18.6. The molecular weight excluding hydrogens is 343 g/mol. The van der Waals surface area contributed by atoms with E-state index in [0.717, 1.165) is 48.2 Å². The van der Waals surface area contributed by atoms with E-state index in [-0.39, 0.29) is 17.6 Å². The van der Waals surface area contributed by atoms with Crippen LogP contribution in [0.2, 0.25) is 0 Å². The van der Waals surface area contributed by atoms with Crippen molar-refractivity contribution in [3.63, 3.8) is 0 Å². The first-order valence-electron chi connectivity index (χ1n) is 9.41. The maximum Gasteiger partial charge on any atom is 0.223 e. The van der Waals surface area contributed by atoms with Crippen LogP contribution in [-0.2, 0) is 11.3 Å². The summed E-state index contributed by atoms with van der Waals surface area (Å²) < 4.78 is 13.2. The summed E-state index contributed by atoms with van der Waals surface area (Å²) in [7, 11) is 0. The largest absolute Gasteiger partial charge is 0.353 e. The van der Waals surface area contributed by atoms with Gasteiger partial charge in [0.2, 0.25) is 11.9 Å². The van der Waals surface area contributed by atoms with Gasteiger partial charge in [0, 0.05) is 18.5 Å². The van der Waals surface area contributed by atoms with Crippen LogP contribution in [0.4, 0.5) is 10.3 Å². The summed E-state index contributed by atoms with van der Waals surface area (Å²) in [6.45, 7) is 0.369. The number of aromatic amines is 1. The lowest BCUT2D eigenvalue weighted by Crippen LogP contribution is -2.35. The first kappa shape index (κ1) is 17.5. The van der Waals surface area contributed by atoms with E-state index in [4.69, 9.17) is 0 Å². The third-order valence-electron chi connectivity index (χ3n) is 5.18. The normalized spacial score (nSPS) is 19.7. The molecule has 27 heavy (non-hydrogen) atoms. The Morgan fingerprint density at radius 3 is 2.70 bits per heavy atom. The van der Waals surface area contributed by atoms with E-state index in [1.165, 1.54) is 12.1 Å². The van der Waals surface area contributed by atoms with Gasteiger partial charge in [0.25, 0.3) is 0 Å². The topological polar surface area (TPSA) is 69.8 Å². The Labute approximate surface area is 157 Å². The zero-order valence-corrected chi connectivity index (χ0v) is 15.0. The van der Waals surface area contributed by atoms with E-state index in [1.54, 1.807) is 6.07 Å². The Kier molecular flexibility index (Phi) is 5.05. The molecule has 1 heterocycles. The highest BCUT2D eigenvalue weighted by molar-refractivity contribution is 5.79. The van der Waals surface area contributed by atoms with Gasteiger partial charge in [-0.25, -0.2) is 9.37 Å². The fraction of sp³-hybridized carbons (Fsp3) is 0.333. The first-order chi connectivity index (χ1) is 13.2. The Morgan fingerprint density at radius 1 is 1.11 bits per heavy atom. The number of H-pyrrole nitrogens is 1. The van der Waals surface area contributed by atoms with Crippen LogP contribution in [0.15, 0.2) is 48.5 Å². The van der Waals surface area contributed by atoms with Crippen LogP contribution >= 0.6 is 0 Å². The quantitative estimate of drug-likeness (QED) is 0.639. The highest BCUT2D eigenvalue weighted by Crippen LogP contribution is 2.27. The molecule has 140 valence electrons. The van der Waals surface area contributed by atoms with Crippen LogP contribution in [0.25, 0.3) is 11.0 Å². The molecule has 1 aliphatic carbocycles. The van der Waals surface area contributed by atoms with E-state index in [1.807, 2.05) is 30.3 Å². The number of para-hydroxylation sites is 2. The van der Waals surface area contributed by atoms with Crippen molar-refractivity contribution in [2.24, 2.45) is 5.92 Å². The summed E-state index contributed by atoms with van der Waals surface area (Å²) in [6.07, 6.45) is 3.53. The van der Waals surface area contributed by atoms with Crippen LogP contribution in [0.1, 0.15) is 31.2 Å². The maximum atomic E-state index is 13.2. The number of aromatic nitrogens is 2. The molecule has 0 saturated heterocycles. The average molecular weight is 366 g/mol. The molecular formula is C21H23FN4O. The molecule has 0 radical (unpaired) electrons. The summed E-state index contributed by atoms with van der Waals surface area (Å²) in [6, 6.07) is 14.6. The van der Waals surface area contributed by atoms with E-state index in [0.29, 0.717) is 12.6 Å². The second-order valence-electron chi connectivity index (χ2n) is 7.14. The van der Waals surface area contributed by atoms with E-state index < -0.39 is 0 Å². The lowest BCUT2D eigenvalue weighted by atomic mass is 9.85. The van der Waals surface area contributed by atoms with Gasteiger partial charge in [-0.05, 0) is 55.5 Å². The number of halogens is 1. The molecule has 4 rings (SSSR count). The zero-order valence-electron chi connectivity index (χ0n) is 15.0. The third-order valence-corrected chi connectivity index (χ3v) is 5.18. The molecule has 1 saturated carbocycles. The minimum absolute atomic E-state index is 0.0206. The SMILES string of the molecule is O=C(NCc1cccc(F)c1)[C@H]1CC[C@H](Nc2nc3ccccc3[nH]2)CC1. The standard InChI is InChI=1S/C21H23FN4O/c22-16-5-3-4-14(12-16)13-23-20(27)15-8-10-17(11-9-15)24-21-25-18-6-1-2-7-19(18)26-21/h1-7,12,15,17H,8-11,13H2,(H,23,27)(H2,24,25,26)/t15-,17-. The van der Waals surface area contributed by atoms with Gasteiger partial charge in [-0.15, -0.1) is 0 Å². The summed E-state index contributed by atoms with van der Waals surface area (Å²) >= 11 is 0. The van der Waals surface area contributed by atoms with Crippen LogP contribution < -0.4 is 10.6 Å². The van der Waals surface area contributed by atoms with Crippen molar-refractivity contribution in [2.45, 2.75) is 38.3 Å². The lowest BCUT2D eigenvalue weighted by Gasteiger charge is -2.28. The lowest BCUT2D eigenvalue weighted by molar-refractivity contribution is -0.126. The number of nitrogens with zero attached hydrogens (tertiary/aromatic N) is 1. The predicted octanol–water partition coefficient (Wildman–Crippen LogP) is 3.99. The Bertz CT molecular complexity index is 898. The second kappa shape index (κ2) is 7.78. The molecule has 3 N–H and O–H groups in total. The molecule has 2 aromatic carbocycles. The first-order valence-corrected chi connectivity index (χ1v) is 9.41. The van der Waals surface area contributed by atoms with Crippen molar-refractivity contribution in [1.29, 1.82) is 0 Å². The van der Waals surface area contributed by atoms with Crippen molar-refractivity contribution < 1.29 is 9.18 Å². The fourth-order valence-electron chi connectivity index (χ4n) is 3.69. The average Bonchev–Trinajstić information content (AvgIpc) is 3.09. The van der Waals surface area contributed by atoms with E-state index in [2.05, 4.69) is 20.6 Å². The molecule has 5 nitrogen and oxygen atoms in total. The van der Waals surface area contributed by atoms with Crippen molar-refractivity contribution in [2.75, 3.05) is 5.32 Å². The predicted molar refractivity (Wildman–Crippen MR) is 104 cm³/mol. The Hall–Kier alpha value is -2.89. The molecule has 0 unspecified atom stereocenters. The van der Waals surface area contributed by atoms with E-state index >= 15 is 0 Å². The second-order valence-corrected chi connectivity index (χ2v) is 7.14. The van der Waals surface area contributed by atoms with Gasteiger partial charge in [0.1, 0.15) is 5.82 Å². The molecule has 1 amide bonds. The van der Waals surface area contributed by atoms with Crippen LogP contribution in [0.3, 0.4) is 0 Å². The third kappa shape index (κ3) is 4.27. The number of amides is 1. The maximum absolute atomic E-state index is 13.2.